The van der Waals surface area contributed by atoms with Gasteiger partial charge in [-0.15, -0.1) is 0 Å². The zero-order chi connectivity index (χ0) is 21.2. The molecule has 0 saturated carbocycles. The molecule has 4 aromatic rings. The van der Waals surface area contributed by atoms with E-state index in [1.54, 1.807) is 0 Å². The molecule has 1 fully saturated rings. The molecule has 2 aromatic carbocycles. The normalized spacial score (nSPS) is 15.0. The van der Waals surface area contributed by atoms with Gasteiger partial charge in [0.2, 0.25) is 0 Å². The Balaban J connectivity index is 1.60. The van der Waals surface area contributed by atoms with Crippen LogP contribution in [0.3, 0.4) is 0 Å². The highest BCUT2D eigenvalue weighted by molar-refractivity contribution is 6.08. The second-order valence-electron chi connectivity index (χ2n) is 8.17. The molecule has 31 heavy (non-hydrogen) atoms. The molecule has 0 spiro atoms. The number of hydrogen-bond donors (Lipinski definition) is 1. The van der Waals surface area contributed by atoms with Crippen LogP contribution in [-0.2, 0) is 24.3 Å². The number of nitrogens with two attached hydrogens (primary N) is 1. The molecule has 160 valence electrons. The lowest BCUT2D eigenvalue weighted by atomic mass is 10.00. The van der Waals surface area contributed by atoms with E-state index in [2.05, 4.69) is 29.7 Å². The largest absolute Gasteiger partial charge is 0.487 e. The van der Waals surface area contributed by atoms with Crippen LogP contribution in [0, 0.1) is 5.92 Å². The van der Waals surface area contributed by atoms with Crippen molar-refractivity contribution in [2.75, 3.05) is 18.9 Å². The van der Waals surface area contributed by atoms with E-state index in [9.17, 15) is 0 Å². The van der Waals surface area contributed by atoms with Gasteiger partial charge in [0.05, 0.1) is 5.52 Å². The number of aromatic nitrogens is 3. The monoisotopic (exact) mass is 416 g/mol. The van der Waals surface area contributed by atoms with E-state index >= 15 is 0 Å². The lowest BCUT2D eigenvalue weighted by molar-refractivity contribution is 0.0614. The molecule has 2 aromatic heterocycles. The maximum Gasteiger partial charge on any atom is 0.152 e. The molecule has 0 aliphatic carbocycles. The molecular formula is C25H28N4O2. The van der Waals surface area contributed by atoms with Gasteiger partial charge in [-0.05, 0) is 30.4 Å². The van der Waals surface area contributed by atoms with Gasteiger partial charge in [0.15, 0.2) is 5.82 Å². The van der Waals surface area contributed by atoms with Crippen molar-refractivity contribution in [3.63, 3.8) is 0 Å². The summed E-state index contributed by atoms with van der Waals surface area (Å²) >= 11 is 0. The minimum atomic E-state index is 0.457. The standard InChI is InChI=1S/C25H28N4O2/c1-2-21-27-23-24(29(21)15-17-11-13-30-14-12-17)19-9-6-10-20(22(19)28-25(23)26)31-16-18-7-4-3-5-8-18/h3-10,17H,2,11-16H2,1H3,(H2,26,28). The average Bonchev–Trinajstić information content (AvgIpc) is 3.18. The molecule has 0 bridgehead atoms. The number of ether oxygens (including phenoxy) is 2. The number of hydrogen-bond acceptors (Lipinski definition) is 5. The summed E-state index contributed by atoms with van der Waals surface area (Å²) in [7, 11) is 0. The van der Waals surface area contributed by atoms with E-state index in [4.69, 9.17) is 25.2 Å². The van der Waals surface area contributed by atoms with Crippen LogP contribution in [0.1, 0.15) is 31.2 Å². The molecule has 0 unspecified atom stereocenters. The van der Waals surface area contributed by atoms with Crippen molar-refractivity contribution in [3.05, 3.63) is 59.9 Å². The fourth-order valence-electron chi connectivity index (χ4n) is 4.46. The third-order valence-corrected chi connectivity index (χ3v) is 6.11. The summed E-state index contributed by atoms with van der Waals surface area (Å²) < 4.78 is 14.1. The first-order valence-corrected chi connectivity index (χ1v) is 11.1. The Labute approximate surface area is 182 Å². The Hall–Kier alpha value is -3.12. The average molecular weight is 417 g/mol. The first kappa shape index (κ1) is 19.8. The van der Waals surface area contributed by atoms with Crippen molar-refractivity contribution in [1.82, 2.24) is 14.5 Å². The Kier molecular flexibility index (Phi) is 5.47. The fourth-order valence-corrected chi connectivity index (χ4v) is 4.46. The zero-order valence-electron chi connectivity index (χ0n) is 17.9. The molecule has 6 heteroatoms. The summed E-state index contributed by atoms with van der Waals surface area (Å²) in [4.78, 5) is 9.58. The second kappa shape index (κ2) is 8.55. The second-order valence-corrected chi connectivity index (χ2v) is 8.17. The number of imidazole rings is 1. The summed E-state index contributed by atoms with van der Waals surface area (Å²) in [6.45, 7) is 5.22. The van der Waals surface area contributed by atoms with Crippen molar-refractivity contribution >= 4 is 27.8 Å². The van der Waals surface area contributed by atoms with E-state index in [-0.39, 0.29) is 0 Å². The summed E-state index contributed by atoms with van der Waals surface area (Å²) in [5.41, 5.74) is 10.2. The van der Waals surface area contributed by atoms with Crippen molar-refractivity contribution in [2.45, 2.75) is 39.3 Å². The number of nitrogen functional groups attached to an aromatic ring is 1. The third-order valence-electron chi connectivity index (χ3n) is 6.11. The molecule has 1 aliphatic heterocycles. The van der Waals surface area contributed by atoms with Crippen molar-refractivity contribution < 1.29 is 9.47 Å². The number of nitrogens with zero attached hydrogens (tertiary/aromatic N) is 3. The van der Waals surface area contributed by atoms with E-state index in [1.165, 1.54) is 0 Å². The van der Waals surface area contributed by atoms with Crippen molar-refractivity contribution in [1.29, 1.82) is 0 Å². The summed E-state index contributed by atoms with van der Waals surface area (Å²) in [6, 6.07) is 16.2. The molecule has 3 heterocycles. The number of para-hydroxylation sites is 1. The summed E-state index contributed by atoms with van der Waals surface area (Å²) in [6.07, 6.45) is 3.00. The Morgan fingerprint density at radius 3 is 2.61 bits per heavy atom. The number of anilines is 1. The number of rotatable bonds is 6. The Morgan fingerprint density at radius 2 is 1.84 bits per heavy atom. The molecule has 2 N–H and O–H groups in total. The third kappa shape index (κ3) is 3.83. The zero-order valence-corrected chi connectivity index (χ0v) is 17.9. The predicted molar refractivity (Wildman–Crippen MR) is 123 cm³/mol. The minimum Gasteiger partial charge on any atom is -0.487 e. The maximum absolute atomic E-state index is 6.41. The number of benzene rings is 2. The van der Waals surface area contributed by atoms with E-state index in [0.29, 0.717) is 18.3 Å². The van der Waals surface area contributed by atoms with Crippen LogP contribution in [0.4, 0.5) is 5.82 Å². The van der Waals surface area contributed by atoms with E-state index in [1.807, 2.05) is 30.3 Å². The molecule has 1 saturated heterocycles. The van der Waals surface area contributed by atoms with Crippen LogP contribution in [0.2, 0.25) is 0 Å². The van der Waals surface area contributed by atoms with Gasteiger partial charge in [0.1, 0.15) is 29.2 Å². The van der Waals surface area contributed by atoms with Crippen LogP contribution in [-0.4, -0.2) is 27.7 Å². The van der Waals surface area contributed by atoms with Gasteiger partial charge < -0.3 is 19.8 Å². The van der Waals surface area contributed by atoms with Crippen LogP contribution in [0.25, 0.3) is 21.9 Å². The van der Waals surface area contributed by atoms with Gasteiger partial charge >= 0.3 is 0 Å². The van der Waals surface area contributed by atoms with Gasteiger partial charge in [-0.1, -0.05) is 49.4 Å². The van der Waals surface area contributed by atoms with Crippen LogP contribution < -0.4 is 10.5 Å². The van der Waals surface area contributed by atoms with Crippen LogP contribution in [0.15, 0.2) is 48.5 Å². The minimum absolute atomic E-state index is 0.457. The van der Waals surface area contributed by atoms with Gasteiger partial charge in [-0.25, -0.2) is 9.97 Å². The lowest BCUT2D eigenvalue weighted by Crippen LogP contribution is -2.21. The van der Waals surface area contributed by atoms with Gasteiger partial charge in [0, 0.05) is 31.6 Å². The first-order chi connectivity index (χ1) is 15.2. The van der Waals surface area contributed by atoms with E-state index in [0.717, 1.165) is 78.1 Å². The molecular weight excluding hydrogens is 388 g/mol. The smallest absolute Gasteiger partial charge is 0.152 e. The highest BCUT2D eigenvalue weighted by atomic mass is 16.5. The quantitative estimate of drug-likeness (QED) is 0.492. The van der Waals surface area contributed by atoms with Gasteiger partial charge in [-0.3, -0.25) is 0 Å². The Bertz CT molecular complexity index is 1200. The molecule has 6 nitrogen and oxygen atoms in total. The van der Waals surface area contributed by atoms with E-state index < -0.39 is 0 Å². The highest BCUT2D eigenvalue weighted by Gasteiger charge is 2.22. The topological polar surface area (TPSA) is 75.2 Å². The number of fused-ring (bicyclic) bond motifs is 3. The van der Waals surface area contributed by atoms with Gasteiger partial charge in [-0.2, -0.15) is 0 Å². The van der Waals surface area contributed by atoms with Crippen LogP contribution >= 0.6 is 0 Å². The highest BCUT2D eigenvalue weighted by Crippen LogP contribution is 2.35. The molecule has 0 radical (unpaired) electrons. The fraction of sp³-hybridized carbons (Fsp3) is 0.360. The summed E-state index contributed by atoms with van der Waals surface area (Å²) in [5, 5.41) is 1.04. The SMILES string of the molecule is CCc1nc2c(N)nc3c(OCc4ccccc4)cccc3c2n1CC1CCOCC1. The van der Waals surface area contributed by atoms with Crippen molar-refractivity contribution in [2.24, 2.45) is 5.92 Å². The lowest BCUT2D eigenvalue weighted by Gasteiger charge is -2.23. The predicted octanol–water partition coefficient (Wildman–Crippen LogP) is 4.73. The van der Waals surface area contributed by atoms with Crippen molar-refractivity contribution in [3.8, 4) is 5.75 Å². The Morgan fingerprint density at radius 1 is 1.03 bits per heavy atom. The molecule has 0 amide bonds. The molecule has 0 atom stereocenters. The van der Waals surface area contributed by atoms with Gasteiger partial charge in [0.25, 0.3) is 0 Å². The first-order valence-electron chi connectivity index (χ1n) is 11.1. The molecule has 5 rings (SSSR count). The molecule has 1 aliphatic rings. The number of aryl methyl sites for hydroxylation is 1. The maximum atomic E-state index is 6.41. The van der Waals surface area contributed by atoms with Crippen LogP contribution in [0.5, 0.6) is 5.75 Å². The number of pyridine rings is 1. The summed E-state index contributed by atoms with van der Waals surface area (Å²) in [5.74, 6) is 2.84.